The third-order valence-electron chi connectivity index (χ3n) is 3.54. The Morgan fingerprint density at radius 1 is 1.04 bits per heavy atom. The number of hydrogen-bond donors (Lipinski definition) is 1. The zero-order valence-electron chi connectivity index (χ0n) is 12.0. The number of rotatable bonds is 4. The van der Waals surface area contributed by atoms with Crippen LogP contribution in [-0.2, 0) is 12.6 Å². The first-order chi connectivity index (χ1) is 10.9. The molecule has 0 saturated carbocycles. The molecule has 0 bridgehead atoms. The Morgan fingerprint density at radius 3 is 2.48 bits per heavy atom. The van der Waals surface area contributed by atoms with Crippen molar-refractivity contribution in [1.29, 1.82) is 0 Å². The molecule has 0 radical (unpaired) electrons. The summed E-state index contributed by atoms with van der Waals surface area (Å²) in [6, 6.07) is 11.0. The first-order valence-electron chi connectivity index (χ1n) is 6.99. The van der Waals surface area contributed by atoms with Crippen LogP contribution >= 0.6 is 15.9 Å². The first kappa shape index (κ1) is 15.9. The van der Waals surface area contributed by atoms with Gasteiger partial charge in [0.1, 0.15) is 5.75 Å². The molecule has 0 atom stereocenters. The van der Waals surface area contributed by atoms with Gasteiger partial charge in [0, 0.05) is 23.5 Å². The second-order valence-electron chi connectivity index (χ2n) is 5.14. The molecule has 0 fully saturated rings. The number of halogens is 4. The van der Waals surface area contributed by atoms with E-state index in [1.807, 2.05) is 24.4 Å². The number of hydrogen-bond acceptors (Lipinski definition) is 1. The Bertz CT molecular complexity index is 809. The zero-order chi connectivity index (χ0) is 16.4. The molecule has 0 saturated heterocycles. The average molecular weight is 384 g/mol. The van der Waals surface area contributed by atoms with Crippen LogP contribution in [0.5, 0.6) is 5.75 Å². The second-order valence-corrected chi connectivity index (χ2v) is 6.00. The Labute approximate surface area is 139 Å². The number of benzene rings is 2. The van der Waals surface area contributed by atoms with Gasteiger partial charge >= 0.3 is 6.18 Å². The van der Waals surface area contributed by atoms with Crippen LogP contribution in [0.15, 0.2) is 53.1 Å². The van der Waals surface area contributed by atoms with Gasteiger partial charge in [-0.1, -0.05) is 12.1 Å². The van der Waals surface area contributed by atoms with E-state index in [1.54, 1.807) is 0 Å². The normalized spacial score (nSPS) is 11.8. The van der Waals surface area contributed by atoms with Gasteiger partial charge in [0.25, 0.3) is 0 Å². The van der Waals surface area contributed by atoms with E-state index in [4.69, 9.17) is 4.74 Å². The zero-order valence-corrected chi connectivity index (χ0v) is 13.5. The van der Waals surface area contributed by atoms with Gasteiger partial charge in [-0.15, -0.1) is 0 Å². The maximum Gasteiger partial charge on any atom is 0.416 e. The molecular weight excluding hydrogens is 371 g/mol. The van der Waals surface area contributed by atoms with Gasteiger partial charge in [0.05, 0.1) is 16.6 Å². The van der Waals surface area contributed by atoms with Crippen LogP contribution in [0, 0.1) is 0 Å². The van der Waals surface area contributed by atoms with Crippen molar-refractivity contribution in [3.8, 4) is 5.75 Å². The molecule has 0 spiro atoms. The van der Waals surface area contributed by atoms with Crippen LogP contribution < -0.4 is 4.74 Å². The number of aromatic nitrogens is 1. The summed E-state index contributed by atoms with van der Waals surface area (Å²) < 4.78 is 44.1. The maximum atomic E-state index is 12.5. The smallest absolute Gasteiger partial charge is 0.416 e. The van der Waals surface area contributed by atoms with E-state index in [-0.39, 0.29) is 0 Å². The standard InChI is InChI=1S/C17H13BrF3NO/c18-14-10-15-12(5-7-22-15)9-16(14)23-8-6-11-1-3-13(4-2-11)17(19,20)21/h1-5,7,9-10,22H,6,8H2. The van der Waals surface area contributed by atoms with Crippen LogP contribution in [0.1, 0.15) is 11.1 Å². The van der Waals surface area contributed by atoms with Crippen LogP contribution in [-0.4, -0.2) is 11.6 Å². The van der Waals surface area contributed by atoms with E-state index in [2.05, 4.69) is 20.9 Å². The fourth-order valence-electron chi connectivity index (χ4n) is 2.30. The van der Waals surface area contributed by atoms with E-state index in [0.717, 1.165) is 33.1 Å². The molecule has 120 valence electrons. The lowest BCUT2D eigenvalue weighted by Gasteiger charge is -2.10. The predicted octanol–water partition coefficient (Wildman–Crippen LogP) is 5.57. The number of nitrogens with one attached hydrogen (secondary N) is 1. The van der Waals surface area contributed by atoms with Gasteiger partial charge in [0.2, 0.25) is 0 Å². The number of H-pyrrole nitrogens is 1. The summed E-state index contributed by atoms with van der Waals surface area (Å²) in [7, 11) is 0. The average Bonchev–Trinajstić information content (AvgIpc) is 2.94. The fourth-order valence-corrected chi connectivity index (χ4v) is 2.76. The highest BCUT2D eigenvalue weighted by molar-refractivity contribution is 9.10. The fraction of sp³-hybridized carbons (Fsp3) is 0.176. The van der Waals surface area contributed by atoms with Crippen molar-refractivity contribution in [1.82, 2.24) is 4.98 Å². The van der Waals surface area contributed by atoms with Crippen LogP contribution in [0.4, 0.5) is 13.2 Å². The van der Waals surface area contributed by atoms with E-state index in [0.29, 0.717) is 18.8 Å². The third kappa shape index (κ3) is 3.69. The van der Waals surface area contributed by atoms with Gasteiger partial charge in [-0.2, -0.15) is 13.2 Å². The molecule has 1 N–H and O–H groups in total. The number of alkyl halides is 3. The summed E-state index contributed by atoms with van der Waals surface area (Å²) in [5.41, 5.74) is 1.17. The van der Waals surface area contributed by atoms with Gasteiger partial charge in [-0.05, 0) is 51.8 Å². The van der Waals surface area contributed by atoms with Crippen molar-refractivity contribution < 1.29 is 17.9 Å². The van der Waals surface area contributed by atoms with E-state index in [9.17, 15) is 13.2 Å². The van der Waals surface area contributed by atoms with Crippen molar-refractivity contribution >= 4 is 26.8 Å². The van der Waals surface area contributed by atoms with Crippen molar-refractivity contribution in [3.63, 3.8) is 0 Å². The molecule has 0 unspecified atom stereocenters. The Balaban J connectivity index is 1.63. The van der Waals surface area contributed by atoms with E-state index < -0.39 is 11.7 Å². The number of aromatic amines is 1. The Morgan fingerprint density at radius 2 is 1.78 bits per heavy atom. The highest BCUT2D eigenvalue weighted by Crippen LogP contribution is 2.31. The molecule has 23 heavy (non-hydrogen) atoms. The highest BCUT2D eigenvalue weighted by atomic mass is 79.9. The van der Waals surface area contributed by atoms with E-state index in [1.165, 1.54) is 12.1 Å². The Kier molecular flexibility index (Phi) is 4.35. The molecule has 0 aliphatic carbocycles. The van der Waals surface area contributed by atoms with Crippen molar-refractivity contribution in [2.75, 3.05) is 6.61 Å². The second kappa shape index (κ2) is 6.28. The number of fused-ring (bicyclic) bond motifs is 1. The van der Waals surface area contributed by atoms with Gasteiger partial charge < -0.3 is 9.72 Å². The summed E-state index contributed by atoms with van der Waals surface area (Å²) in [6.45, 7) is 0.389. The lowest BCUT2D eigenvalue weighted by molar-refractivity contribution is -0.137. The molecule has 3 aromatic rings. The molecular formula is C17H13BrF3NO. The van der Waals surface area contributed by atoms with Crippen molar-refractivity contribution in [2.45, 2.75) is 12.6 Å². The summed E-state index contributed by atoms with van der Waals surface area (Å²) in [4.78, 5) is 3.11. The molecule has 0 amide bonds. The summed E-state index contributed by atoms with van der Waals surface area (Å²) >= 11 is 3.45. The molecule has 0 aliphatic rings. The predicted molar refractivity (Wildman–Crippen MR) is 86.6 cm³/mol. The monoisotopic (exact) mass is 383 g/mol. The van der Waals surface area contributed by atoms with Gasteiger partial charge in [0.15, 0.2) is 0 Å². The minimum atomic E-state index is -4.30. The van der Waals surface area contributed by atoms with Gasteiger partial charge in [-0.25, -0.2) is 0 Å². The lowest BCUT2D eigenvalue weighted by Crippen LogP contribution is -2.06. The van der Waals surface area contributed by atoms with Gasteiger partial charge in [-0.3, -0.25) is 0 Å². The van der Waals surface area contributed by atoms with E-state index >= 15 is 0 Å². The van der Waals surface area contributed by atoms with Crippen LogP contribution in [0.3, 0.4) is 0 Å². The molecule has 1 aromatic heterocycles. The third-order valence-corrected chi connectivity index (χ3v) is 4.16. The largest absolute Gasteiger partial charge is 0.492 e. The topological polar surface area (TPSA) is 25.0 Å². The first-order valence-corrected chi connectivity index (χ1v) is 7.78. The molecule has 6 heteroatoms. The quantitative estimate of drug-likeness (QED) is 0.625. The molecule has 3 rings (SSSR count). The SMILES string of the molecule is FC(F)(F)c1ccc(CCOc2cc3cc[nH]c3cc2Br)cc1. The molecule has 2 aromatic carbocycles. The molecule has 2 nitrogen and oxygen atoms in total. The minimum absolute atomic E-state index is 0.389. The summed E-state index contributed by atoms with van der Waals surface area (Å²) in [5, 5.41) is 1.04. The van der Waals surface area contributed by atoms with Crippen molar-refractivity contribution in [3.05, 3.63) is 64.3 Å². The minimum Gasteiger partial charge on any atom is -0.492 e. The summed E-state index contributed by atoms with van der Waals surface area (Å²) in [6.07, 6.45) is -1.91. The maximum absolute atomic E-state index is 12.5. The molecule has 0 aliphatic heterocycles. The van der Waals surface area contributed by atoms with Crippen LogP contribution in [0.25, 0.3) is 10.9 Å². The molecule has 1 heterocycles. The number of ether oxygens (including phenoxy) is 1. The summed E-state index contributed by atoms with van der Waals surface area (Å²) in [5.74, 6) is 0.712. The Hall–Kier alpha value is -1.95. The van der Waals surface area contributed by atoms with Crippen LogP contribution in [0.2, 0.25) is 0 Å². The highest BCUT2D eigenvalue weighted by Gasteiger charge is 2.29. The lowest BCUT2D eigenvalue weighted by atomic mass is 10.1. The van der Waals surface area contributed by atoms with Crippen molar-refractivity contribution in [2.24, 2.45) is 0 Å².